The Morgan fingerprint density at radius 1 is 1.23 bits per heavy atom. The van der Waals surface area contributed by atoms with E-state index in [-0.39, 0.29) is 17.1 Å². The Hall–Kier alpha value is -2.63. The number of ether oxygens (including phenoxy) is 1. The fourth-order valence-corrected chi connectivity index (χ4v) is 3.90. The minimum atomic E-state index is -1.48. The van der Waals surface area contributed by atoms with Gasteiger partial charge in [0, 0.05) is 21.8 Å². The van der Waals surface area contributed by atoms with Crippen LogP contribution < -0.4 is 10.1 Å². The number of amides is 1. The third-order valence-corrected chi connectivity index (χ3v) is 5.76. The van der Waals surface area contributed by atoms with Crippen molar-refractivity contribution in [3.05, 3.63) is 87.2 Å². The summed E-state index contributed by atoms with van der Waals surface area (Å²) in [5, 5.41) is 3.26. The summed E-state index contributed by atoms with van der Waals surface area (Å²) < 4.78 is 20.7. The molecule has 0 saturated heterocycles. The number of alkyl halides is 1. The van der Waals surface area contributed by atoms with Gasteiger partial charge in [0.1, 0.15) is 11.9 Å². The number of aromatic nitrogens is 1. The number of hydrogen-bond donors (Lipinski definition) is 1. The van der Waals surface area contributed by atoms with Crippen molar-refractivity contribution in [2.24, 2.45) is 0 Å². The highest BCUT2D eigenvalue weighted by Gasteiger charge is 2.24. The molecule has 0 bridgehead atoms. The van der Waals surface area contributed by atoms with Crippen LogP contribution >= 0.6 is 23.2 Å². The van der Waals surface area contributed by atoms with Crippen LogP contribution in [0.4, 0.5) is 4.39 Å². The van der Waals surface area contributed by atoms with E-state index in [1.807, 2.05) is 18.2 Å². The van der Waals surface area contributed by atoms with Gasteiger partial charge in [0.2, 0.25) is 0 Å². The second-order valence-corrected chi connectivity index (χ2v) is 8.41. The van der Waals surface area contributed by atoms with E-state index in [0.717, 1.165) is 0 Å². The number of aryl methyl sites for hydroxylation is 1. The van der Waals surface area contributed by atoms with Crippen molar-refractivity contribution in [3.63, 3.8) is 0 Å². The molecule has 3 aromatic rings. The van der Waals surface area contributed by atoms with Crippen LogP contribution in [0.25, 0.3) is 0 Å². The molecule has 31 heavy (non-hydrogen) atoms. The average molecular weight is 459 g/mol. The van der Waals surface area contributed by atoms with Crippen LogP contribution in [0.3, 0.4) is 0 Å². The second-order valence-electron chi connectivity index (χ2n) is 7.57. The number of carbonyl (C=O) groups is 1. The summed E-state index contributed by atoms with van der Waals surface area (Å²) >= 11 is 11.9. The van der Waals surface area contributed by atoms with E-state index in [0.29, 0.717) is 33.7 Å². The van der Waals surface area contributed by atoms with E-state index in [1.54, 1.807) is 19.1 Å². The Morgan fingerprint density at radius 3 is 2.77 bits per heavy atom. The number of halogens is 3. The Bertz CT molecular complexity index is 1120. The van der Waals surface area contributed by atoms with Crippen molar-refractivity contribution < 1.29 is 13.9 Å². The molecule has 1 aromatic heterocycles. The van der Waals surface area contributed by atoms with Crippen LogP contribution in [0, 0.1) is 6.92 Å². The van der Waals surface area contributed by atoms with E-state index in [9.17, 15) is 9.18 Å². The molecule has 1 heterocycles. The molecule has 2 aromatic carbocycles. The number of rotatable bonds is 7. The first-order valence-electron chi connectivity index (χ1n) is 10.0. The zero-order valence-electron chi connectivity index (χ0n) is 16.9. The quantitative estimate of drug-likeness (QED) is 0.423. The van der Waals surface area contributed by atoms with Gasteiger partial charge in [-0.1, -0.05) is 41.4 Å². The number of pyridine rings is 1. The summed E-state index contributed by atoms with van der Waals surface area (Å²) in [5.74, 6) is 1.13. The van der Waals surface area contributed by atoms with Crippen LogP contribution in [-0.2, 0) is 0 Å². The summed E-state index contributed by atoms with van der Waals surface area (Å²) in [5.41, 5.74) is 2.36. The molecular weight excluding hydrogens is 438 g/mol. The first-order valence-corrected chi connectivity index (χ1v) is 10.8. The zero-order chi connectivity index (χ0) is 22.0. The predicted molar refractivity (Wildman–Crippen MR) is 120 cm³/mol. The van der Waals surface area contributed by atoms with Crippen molar-refractivity contribution in [1.82, 2.24) is 10.3 Å². The number of hydrogen-bond acceptors (Lipinski definition) is 3. The standard InChI is InChI=1S/C24H21Cl2FN2O2/c1-14-23(31-18-4-2-3-16(11-18)15-5-6-15)20(9-10-28-14)24(30)29-13-22(27)19-8-7-17(25)12-21(19)26/h2-4,7-12,15,22H,5-6,13H2,1H3,(H,29,30). The zero-order valence-corrected chi connectivity index (χ0v) is 18.4. The van der Waals surface area contributed by atoms with E-state index in [2.05, 4.69) is 16.4 Å². The number of benzene rings is 2. The van der Waals surface area contributed by atoms with Crippen molar-refractivity contribution in [2.75, 3.05) is 6.54 Å². The van der Waals surface area contributed by atoms with Crippen molar-refractivity contribution in [1.29, 1.82) is 0 Å². The van der Waals surface area contributed by atoms with Crippen LogP contribution in [0.2, 0.25) is 10.0 Å². The van der Waals surface area contributed by atoms with Gasteiger partial charge in [-0.25, -0.2) is 4.39 Å². The Kier molecular flexibility index (Phi) is 6.44. The predicted octanol–water partition coefficient (Wildman–Crippen LogP) is 6.81. The molecular formula is C24H21Cl2FN2O2. The fourth-order valence-electron chi connectivity index (χ4n) is 3.37. The number of carbonyl (C=O) groups excluding carboxylic acids is 1. The molecule has 160 valence electrons. The second kappa shape index (κ2) is 9.25. The molecule has 1 atom stereocenters. The molecule has 1 aliphatic rings. The van der Waals surface area contributed by atoms with Gasteiger partial charge in [-0.3, -0.25) is 9.78 Å². The molecule has 0 spiro atoms. The lowest BCUT2D eigenvalue weighted by Crippen LogP contribution is -2.27. The van der Waals surface area contributed by atoms with Crippen LogP contribution in [0.15, 0.2) is 54.7 Å². The molecule has 0 radical (unpaired) electrons. The molecule has 1 N–H and O–H groups in total. The lowest BCUT2D eigenvalue weighted by atomic mass is 10.1. The van der Waals surface area contributed by atoms with Gasteiger partial charge < -0.3 is 10.1 Å². The summed E-state index contributed by atoms with van der Waals surface area (Å²) in [6.07, 6.45) is 2.42. The third kappa shape index (κ3) is 5.17. The Labute approximate surface area is 190 Å². The molecule has 0 aliphatic heterocycles. The number of nitrogens with one attached hydrogen (secondary N) is 1. The van der Waals surface area contributed by atoms with Gasteiger partial charge >= 0.3 is 0 Å². The van der Waals surface area contributed by atoms with Gasteiger partial charge in [-0.2, -0.15) is 0 Å². The fraction of sp³-hybridized carbons (Fsp3) is 0.250. The van der Waals surface area contributed by atoms with Gasteiger partial charge in [0.15, 0.2) is 5.75 Å². The van der Waals surface area contributed by atoms with Crippen LogP contribution in [-0.4, -0.2) is 17.4 Å². The molecule has 1 fully saturated rings. The van der Waals surface area contributed by atoms with Gasteiger partial charge in [-0.15, -0.1) is 0 Å². The molecule has 4 rings (SSSR count). The maximum atomic E-state index is 14.7. The van der Waals surface area contributed by atoms with Crippen molar-refractivity contribution >= 4 is 29.1 Å². The molecule has 1 aliphatic carbocycles. The largest absolute Gasteiger partial charge is 0.455 e. The minimum absolute atomic E-state index is 0.216. The monoisotopic (exact) mass is 458 g/mol. The highest BCUT2D eigenvalue weighted by molar-refractivity contribution is 6.35. The first kappa shape index (κ1) is 21.6. The van der Waals surface area contributed by atoms with Crippen LogP contribution in [0.1, 0.15) is 52.1 Å². The third-order valence-electron chi connectivity index (χ3n) is 5.20. The van der Waals surface area contributed by atoms with Gasteiger partial charge in [0.25, 0.3) is 5.91 Å². The van der Waals surface area contributed by atoms with Gasteiger partial charge in [0.05, 0.1) is 17.8 Å². The first-order chi connectivity index (χ1) is 14.9. The summed E-state index contributed by atoms with van der Waals surface area (Å²) in [6.45, 7) is 1.53. The molecule has 1 saturated carbocycles. The lowest BCUT2D eigenvalue weighted by Gasteiger charge is -2.15. The minimum Gasteiger partial charge on any atom is -0.455 e. The Morgan fingerprint density at radius 2 is 2.03 bits per heavy atom. The highest BCUT2D eigenvalue weighted by atomic mass is 35.5. The van der Waals surface area contributed by atoms with Gasteiger partial charge in [-0.05, 0) is 61.6 Å². The average Bonchev–Trinajstić information content (AvgIpc) is 3.59. The van der Waals surface area contributed by atoms with E-state index in [1.165, 1.54) is 36.7 Å². The SMILES string of the molecule is Cc1nccc(C(=O)NCC(F)c2ccc(Cl)cc2Cl)c1Oc1cccc(C2CC2)c1. The summed E-state index contributed by atoms with van der Waals surface area (Å²) in [7, 11) is 0. The lowest BCUT2D eigenvalue weighted by molar-refractivity contribution is 0.0939. The number of nitrogens with zero attached hydrogens (tertiary/aromatic N) is 1. The summed E-state index contributed by atoms with van der Waals surface area (Å²) in [6, 6.07) is 14.0. The highest BCUT2D eigenvalue weighted by Crippen LogP contribution is 2.41. The normalized spacial score (nSPS) is 14.2. The smallest absolute Gasteiger partial charge is 0.255 e. The molecule has 4 nitrogen and oxygen atoms in total. The van der Waals surface area contributed by atoms with Crippen molar-refractivity contribution in [3.8, 4) is 11.5 Å². The van der Waals surface area contributed by atoms with Crippen molar-refractivity contribution in [2.45, 2.75) is 31.9 Å². The van der Waals surface area contributed by atoms with E-state index in [4.69, 9.17) is 27.9 Å². The Balaban J connectivity index is 1.49. The molecule has 1 amide bonds. The van der Waals surface area contributed by atoms with E-state index >= 15 is 0 Å². The molecule has 1 unspecified atom stereocenters. The van der Waals surface area contributed by atoms with Crippen LogP contribution in [0.5, 0.6) is 11.5 Å². The molecule has 7 heteroatoms. The topological polar surface area (TPSA) is 51.2 Å². The summed E-state index contributed by atoms with van der Waals surface area (Å²) in [4.78, 5) is 17.1. The maximum Gasteiger partial charge on any atom is 0.255 e. The van der Waals surface area contributed by atoms with E-state index < -0.39 is 12.1 Å². The maximum absolute atomic E-state index is 14.7.